The van der Waals surface area contributed by atoms with Crippen LogP contribution in [-0.4, -0.2) is 25.5 Å². The predicted molar refractivity (Wildman–Crippen MR) is 84.5 cm³/mol. The Labute approximate surface area is 125 Å². The monoisotopic (exact) mass is 307 g/mol. The third-order valence-corrected chi connectivity index (χ3v) is 4.95. The van der Waals surface area contributed by atoms with Crippen molar-refractivity contribution in [1.29, 1.82) is 0 Å². The van der Waals surface area contributed by atoms with Gasteiger partial charge in [0, 0.05) is 23.7 Å². The van der Waals surface area contributed by atoms with Crippen molar-refractivity contribution in [2.24, 2.45) is 5.73 Å². The fraction of sp³-hybridized carbons (Fsp3) is 0.400. The maximum atomic E-state index is 12.6. The van der Waals surface area contributed by atoms with E-state index in [4.69, 9.17) is 5.73 Å². The van der Waals surface area contributed by atoms with E-state index in [1.54, 1.807) is 30.5 Å². The van der Waals surface area contributed by atoms with Gasteiger partial charge in [0.05, 0.1) is 10.4 Å². The van der Waals surface area contributed by atoms with E-state index in [2.05, 4.69) is 9.71 Å². The molecule has 6 heteroatoms. The summed E-state index contributed by atoms with van der Waals surface area (Å²) in [6.45, 7) is 5.59. The first-order chi connectivity index (χ1) is 9.81. The van der Waals surface area contributed by atoms with Crippen LogP contribution in [0.2, 0.25) is 0 Å². The number of hydrogen-bond acceptors (Lipinski definition) is 4. The topological polar surface area (TPSA) is 85.1 Å². The van der Waals surface area contributed by atoms with Gasteiger partial charge in [0.2, 0.25) is 10.0 Å². The number of nitrogens with zero attached hydrogens (tertiary/aromatic N) is 1. The molecule has 114 valence electrons. The Morgan fingerprint density at radius 3 is 2.67 bits per heavy atom. The minimum Gasteiger partial charge on any atom is -0.328 e. The van der Waals surface area contributed by atoms with Gasteiger partial charge in [-0.15, -0.1) is 0 Å². The summed E-state index contributed by atoms with van der Waals surface area (Å²) in [7, 11) is -3.59. The fourth-order valence-corrected chi connectivity index (χ4v) is 3.91. The van der Waals surface area contributed by atoms with E-state index in [-0.39, 0.29) is 17.0 Å². The average Bonchev–Trinajstić information content (AvgIpc) is 2.37. The predicted octanol–water partition coefficient (Wildman–Crippen LogP) is 1.95. The van der Waals surface area contributed by atoms with Crippen LogP contribution in [0.25, 0.3) is 10.9 Å². The average molecular weight is 307 g/mol. The molecule has 21 heavy (non-hydrogen) atoms. The number of fused-ring (bicyclic) bond motifs is 1. The second-order valence-electron chi connectivity index (χ2n) is 5.52. The molecule has 2 atom stereocenters. The highest BCUT2D eigenvalue weighted by molar-refractivity contribution is 7.89. The lowest BCUT2D eigenvalue weighted by atomic mass is 10.1. The third kappa shape index (κ3) is 3.58. The molecule has 1 aromatic heterocycles. The minimum atomic E-state index is -3.59. The van der Waals surface area contributed by atoms with Crippen LogP contribution >= 0.6 is 0 Å². The van der Waals surface area contributed by atoms with Crippen LogP contribution in [0, 0.1) is 6.92 Å². The SMILES string of the molecule is Cc1ccc(S(=O)(=O)NC(C)CC(C)N)c2cccnc12. The van der Waals surface area contributed by atoms with Gasteiger partial charge in [-0.2, -0.15) is 0 Å². The first-order valence-corrected chi connectivity index (χ1v) is 8.42. The Hall–Kier alpha value is -1.50. The van der Waals surface area contributed by atoms with Crippen LogP contribution in [0.5, 0.6) is 0 Å². The van der Waals surface area contributed by atoms with E-state index >= 15 is 0 Å². The first kappa shape index (κ1) is 15.9. The maximum absolute atomic E-state index is 12.6. The summed E-state index contributed by atoms with van der Waals surface area (Å²) in [5.41, 5.74) is 7.38. The normalized spacial score (nSPS) is 15.0. The molecule has 0 amide bonds. The highest BCUT2D eigenvalue weighted by Crippen LogP contribution is 2.24. The number of aryl methyl sites for hydroxylation is 1. The van der Waals surface area contributed by atoms with Gasteiger partial charge in [0.15, 0.2) is 0 Å². The van der Waals surface area contributed by atoms with Crippen molar-refractivity contribution in [2.45, 2.75) is 44.2 Å². The molecule has 0 aliphatic carbocycles. The van der Waals surface area contributed by atoms with Crippen LogP contribution in [-0.2, 0) is 10.0 Å². The van der Waals surface area contributed by atoms with Crippen LogP contribution < -0.4 is 10.5 Å². The lowest BCUT2D eigenvalue weighted by Crippen LogP contribution is -2.36. The molecule has 0 aliphatic rings. The molecule has 2 aromatic rings. The Morgan fingerprint density at radius 1 is 1.29 bits per heavy atom. The minimum absolute atomic E-state index is 0.0564. The zero-order valence-corrected chi connectivity index (χ0v) is 13.3. The quantitative estimate of drug-likeness (QED) is 0.884. The van der Waals surface area contributed by atoms with Crippen molar-refractivity contribution in [3.05, 3.63) is 36.0 Å². The molecule has 1 aromatic carbocycles. The third-order valence-electron chi connectivity index (χ3n) is 3.30. The second-order valence-corrected chi connectivity index (χ2v) is 7.20. The molecule has 5 nitrogen and oxygen atoms in total. The molecule has 0 saturated carbocycles. The van der Waals surface area contributed by atoms with E-state index < -0.39 is 10.0 Å². The smallest absolute Gasteiger partial charge is 0.241 e. The van der Waals surface area contributed by atoms with Crippen molar-refractivity contribution in [1.82, 2.24) is 9.71 Å². The number of benzene rings is 1. The molecular formula is C15H21N3O2S. The van der Waals surface area contributed by atoms with Gasteiger partial charge in [-0.3, -0.25) is 4.98 Å². The van der Waals surface area contributed by atoms with Crippen LogP contribution in [0.1, 0.15) is 25.8 Å². The molecule has 2 rings (SSSR count). The van der Waals surface area contributed by atoms with E-state index in [0.29, 0.717) is 17.3 Å². The molecule has 1 heterocycles. The number of nitrogens with two attached hydrogens (primary N) is 1. The van der Waals surface area contributed by atoms with Gasteiger partial charge >= 0.3 is 0 Å². The van der Waals surface area contributed by atoms with Crippen molar-refractivity contribution in [3.63, 3.8) is 0 Å². The first-order valence-electron chi connectivity index (χ1n) is 6.93. The standard InChI is InChI=1S/C15H21N3O2S/c1-10-6-7-14(13-5-4-8-17-15(10)13)21(19,20)18-12(3)9-11(2)16/h4-8,11-12,18H,9,16H2,1-3H3. The number of sulfonamides is 1. The molecule has 2 unspecified atom stereocenters. The second kappa shape index (κ2) is 6.09. The summed E-state index contributed by atoms with van der Waals surface area (Å²) in [4.78, 5) is 4.53. The van der Waals surface area contributed by atoms with E-state index in [1.165, 1.54) is 0 Å². The largest absolute Gasteiger partial charge is 0.328 e. The Morgan fingerprint density at radius 2 is 2.00 bits per heavy atom. The summed E-state index contributed by atoms with van der Waals surface area (Å²) in [6, 6.07) is 6.65. The Balaban J connectivity index is 2.44. The summed E-state index contributed by atoms with van der Waals surface area (Å²) in [6.07, 6.45) is 2.25. The van der Waals surface area contributed by atoms with Gasteiger partial charge < -0.3 is 5.73 Å². The van der Waals surface area contributed by atoms with Gasteiger partial charge in [0.1, 0.15) is 0 Å². The number of rotatable bonds is 5. The fourth-order valence-electron chi connectivity index (χ4n) is 2.46. The van der Waals surface area contributed by atoms with Gasteiger partial charge in [-0.1, -0.05) is 6.07 Å². The van der Waals surface area contributed by atoms with Gasteiger partial charge in [-0.25, -0.2) is 13.1 Å². The van der Waals surface area contributed by atoms with Crippen LogP contribution in [0.4, 0.5) is 0 Å². The summed E-state index contributed by atoms with van der Waals surface area (Å²) in [5, 5.41) is 0.637. The van der Waals surface area contributed by atoms with Crippen molar-refractivity contribution >= 4 is 20.9 Å². The number of hydrogen-bond donors (Lipinski definition) is 2. The number of pyridine rings is 1. The molecule has 0 bridgehead atoms. The van der Waals surface area contributed by atoms with E-state index in [0.717, 1.165) is 5.56 Å². The summed E-state index contributed by atoms with van der Waals surface area (Å²) < 4.78 is 27.8. The molecule has 3 N–H and O–H groups in total. The zero-order valence-electron chi connectivity index (χ0n) is 12.5. The lowest BCUT2D eigenvalue weighted by molar-refractivity contribution is 0.520. The maximum Gasteiger partial charge on any atom is 0.241 e. The zero-order chi connectivity index (χ0) is 15.6. The summed E-state index contributed by atoms with van der Waals surface area (Å²) >= 11 is 0. The highest BCUT2D eigenvalue weighted by atomic mass is 32.2. The molecule has 0 aliphatic heterocycles. The molecule has 0 fully saturated rings. The van der Waals surface area contributed by atoms with Crippen molar-refractivity contribution in [2.75, 3.05) is 0 Å². The van der Waals surface area contributed by atoms with E-state index in [9.17, 15) is 8.42 Å². The number of nitrogens with one attached hydrogen (secondary N) is 1. The van der Waals surface area contributed by atoms with E-state index in [1.807, 2.05) is 20.8 Å². The van der Waals surface area contributed by atoms with Gasteiger partial charge in [0.25, 0.3) is 0 Å². The van der Waals surface area contributed by atoms with Crippen LogP contribution in [0.3, 0.4) is 0 Å². The molecular weight excluding hydrogens is 286 g/mol. The highest BCUT2D eigenvalue weighted by Gasteiger charge is 2.21. The van der Waals surface area contributed by atoms with Crippen molar-refractivity contribution < 1.29 is 8.42 Å². The molecule has 0 saturated heterocycles. The molecule has 0 radical (unpaired) electrons. The van der Waals surface area contributed by atoms with Gasteiger partial charge in [-0.05, 0) is 51.0 Å². The van der Waals surface area contributed by atoms with Crippen molar-refractivity contribution in [3.8, 4) is 0 Å². The molecule has 0 spiro atoms. The lowest BCUT2D eigenvalue weighted by Gasteiger charge is -2.17. The van der Waals surface area contributed by atoms with Crippen LogP contribution in [0.15, 0.2) is 35.4 Å². The Bertz CT molecular complexity index is 742. The summed E-state index contributed by atoms with van der Waals surface area (Å²) in [5.74, 6) is 0. The Kier molecular flexibility index (Phi) is 4.61. The number of aromatic nitrogens is 1.